The zero-order valence-electron chi connectivity index (χ0n) is 6.02. The van der Waals surface area contributed by atoms with Crippen LogP contribution < -0.4 is 0 Å². The summed E-state index contributed by atoms with van der Waals surface area (Å²) >= 11 is 0. The zero-order valence-corrected chi connectivity index (χ0v) is 6.02. The Morgan fingerprint density at radius 3 is 3.18 bits per heavy atom. The van der Waals surface area contributed by atoms with Crippen LogP contribution in [0.4, 0.5) is 0 Å². The molecule has 0 bridgehead atoms. The molecular weight excluding hydrogens is 142 g/mol. The number of rotatable bonds is 0. The van der Waals surface area contributed by atoms with Crippen molar-refractivity contribution in [3.63, 3.8) is 0 Å². The van der Waals surface area contributed by atoms with Gasteiger partial charge in [0.15, 0.2) is 5.65 Å². The van der Waals surface area contributed by atoms with Gasteiger partial charge in [0.2, 0.25) is 5.88 Å². The van der Waals surface area contributed by atoms with E-state index in [4.69, 9.17) is 0 Å². The van der Waals surface area contributed by atoms with E-state index in [1.54, 1.807) is 18.3 Å². The van der Waals surface area contributed by atoms with E-state index in [-0.39, 0.29) is 5.88 Å². The molecule has 11 heavy (non-hydrogen) atoms. The van der Waals surface area contributed by atoms with Crippen LogP contribution in [0.1, 0.15) is 5.69 Å². The van der Waals surface area contributed by atoms with Crippen LogP contribution in [-0.2, 0) is 0 Å². The van der Waals surface area contributed by atoms with E-state index in [2.05, 4.69) is 10.1 Å². The van der Waals surface area contributed by atoms with Gasteiger partial charge in [-0.2, -0.15) is 9.61 Å². The zero-order chi connectivity index (χ0) is 7.84. The Kier molecular flexibility index (Phi) is 1.09. The first-order chi connectivity index (χ1) is 5.27. The summed E-state index contributed by atoms with van der Waals surface area (Å²) in [6.07, 6.45) is 1.60. The number of aryl methyl sites for hydroxylation is 1. The smallest absolute Gasteiger partial charge is 0.215 e. The lowest BCUT2D eigenvalue weighted by molar-refractivity contribution is 0.434. The maximum atomic E-state index is 9.30. The van der Waals surface area contributed by atoms with Crippen molar-refractivity contribution >= 4 is 5.65 Å². The first kappa shape index (κ1) is 6.15. The van der Waals surface area contributed by atoms with Crippen LogP contribution in [0.25, 0.3) is 5.65 Å². The van der Waals surface area contributed by atoms with Gasteiger partial charge in [0.25, 0.3) is 0 Å². The molecule has 4 heteroatoms. The molecule has 2 aromatic rings. The van der Waals surface area contributed by atoms with Crippen LogP contribution in [0.3, 0.4) is 0 Å². The second-order valence-corrected chi connectivity index (χ2v) is 2.36. The molecule has 2 aromatic heterocycles. The SMILES string of the molecule is Cc1cc(O)n2nccc2n1. The van der Waals surface area contributed by atoms with Gasteiger partial charge in [0.05, 0.1) is 6.20 Å². The van der Waals surface area contributed by atoms with Gasteiger partial charge < -0.3 is 5.11 Å². The van der Waals surface area contributed by atoms with E-state index in [0.717, 1.165) is 5.69 Å². The van der Waals surface area contributed by atoms with E-state index in [1.807, 2.05) is 6.92 Å². The Hall–Kier alpha value is -1.58. The van der Waals surface area contributed by atoms with E-state index in [0.29, 0.717) is 5.65 Å². The van der Waals surface area contributed by atoms with Gasteiger partial charge in [-0.15, -0.1) is 0 Å². The van der Waals surface area contributed by atoms with Gasteiger partial charge >= 0.3 is 0 Å². The molecule has 0 atom stereocenters. The van der Waals surface area contributed by atoms with Crippen molar-refractivity contribution in [2.24, 2.45) is 0 Å². The van der Waals surface area contributed by atoms with E-state index < -0.39 is 0 Å². The van der Waals surface area contributed by atoms with Crippen LogP contribution in [-0.4, -0.2) is 19.7 Å². The van der Waals surface area contributed by atoms with Gasteiger partial charge in [-0.25, -0.2) is 4.98 Å². The number of nitrogens with zero attached hydrogens (tertiary/aromatic N) is 3. The molecule has 0 amide bonds. The molecule has 0 spiro atoms. The highest BCUT2D eigenvalue weighted by atomic mass is 16.3. The van der Waals surface area contributed by atoms with Gasteiger partial charge in [0, 0.05) is 17.8 Å². The van der Waals surface area contributed by atoms with Gasteiger partial charge in [0.1, 0.15) is 0 Å². The van der Waals surface area contributed by atoms with Crippen molar-refractivity contribution < 1.29 is 5.11 Å². The van der Waals surface area contributed by atoms with Crippen molar-refractivity contribution in [3.05, 3.63) is 24.0 Å². The minimum Gasteiger partial charge on any atom is -0.493 e. The molecule has 0 fully saturated rings. The van der Waals surface area contributed by atoms with Crippen LogP contribution in [0, 0.1) is 6.92 Å². The molecule has 0 aliphatic rings. The van der Waals surface area contributed by atoms with Crippen molar-refractivity contribution in [1.82, 2.24) is 14.6 Å². The minimum absolute atomic E-state index is 0.123. The van der Waals surface area contributed by atoms with Gasteiger partial charge in [-0.1, -0.05) is 0 Å². The predicted octanol–water partition coefficient (Wildman–Crippen LogP) is 0.743. The lowest BCUT2D eigenvalue weighted by atomic mass is 10.4. The summed E-state index contributed by atoms with van der Waals surface area (Å²) < 4.78 is 1.38. The fourth-order valence-electron chi connectivity index (χ4n) is 1.02. The third-order valence-electron chi connectivity index (χ3n) is 1.47. The van der Waals surface area contributed by atoms with Crippen LogP contribution in [0.15, 0.2) is 18.3 Å². The molecule has 2 rings (SSSR count). The predicted molar refractivity (Wildman–Crippen MR) is 39.4 cm³/mol. The fraction of sp³-hybridized carbons (Fsp3) is 0.143. The Morgan fingerprint density at radius 2 is 2.36 bits per heavy atom. The Balaban J connectivity index is 2.91. The van der Waals surface area contributed by atoms with Crippen molar-refractivity contribution in [3.8, 4) is 5.88 Å². The molecule has 0 aliphatic carbocycles. The Labute approximate surface area is 63.1 Å². The standard InChI is InChI=1S/C7H7N3O/c1-5-4-7(11)10-6(9-5)2-3-8-10/h2-4,11H,1H3. The van der Waals surface area contributed by atoms with E-state index in [9.17, 15) is 5.11 Å². The van der Waals surface area contributed by atoms with Gasteiger partial charge in [-0.05, 0) is 6.92 Å². The number of hydrogen-bond acceptors (Lipinski definition) is 3. The third kappa shape index (κ3) is 0.832. The maximum Gasteiger partial charge on any atom is 0.215 e. The average Bonchev–Trinajstić information content (AvgIpc) is 2.34. The maximum absolute atomic E-state index is 9.30. The van der Waals surface area contributed by atoms with Gasteiger partial charge in [-0.3, -0.25) is 0 Å². The van der Waals surface area contributed by atoms with Crippen LogP contribution >= 0.6 is 0 Å². The summed E-state index contributed by atoms with van der Waals surface area (Å²) in [5.41, 5.74) is 1.46. The Morgan fingerprint density at radius 1 is 1.55 bits per heavy atom. The summed E-state index contributed by atoms with van der Waals surface area (Å²) in [6, 6.07) is 3.31. The Bertz CT molecular complexity index is 393. The highest BCUT2D eigenvalue weighted by molar-refractivity contribution is 5.40. The first-order valence-electron chi connectivity index (χ1n) is 3.28. The second kappa shape index (κ2) is 1.95. The quantitative estimate of drug-likeness (QED) is 0.601. The summed E-state index contributed by atoms with van der Waals surface area (Å²) in [4.78, 5) is 4.14. The largest absolute Gasteiger partial charge is 0.493 e. The van der Waals surface area contributed by atoms with Crippen molar-refractivity contribution in [2.75, 3.05) is 0 Å². The molecule has 56 valence electrons. The number of hydrogen-bond donors (Lipinski definition) is 1. The molecule has 0 aliphatic heterocycles. The van der Waals surface area contributed by atoms with E-state index in [1.165, 1.54) is 4.52 Å². The molecule has 0 saturated heterocycles. The third-order valence-corrected chi connectivity index (χ3v) is 1.47. The minimum atomic E-state index is 0.123. The van der Waals surface area contributed by atoms with Crippen LogP contribution in [0.5, 0.6) is 5.88 Å². The molecule has 0 saturated carbocycles. The molecule has 1 N–H and O–H groups in total. The molecular formula is C7H7N3O. The molecule has 0 radical (unpaired) electrons. The average molecular weight is 149 g/mol. The lowest BCUT2D eigenvalue weighted by Gasteiger charge is -1.97. The summed E-state index contributed by atoms with van der Waals surface area (Å²) in [5, 5.41) is 13.2. The molecule has 0 unspecified atom stereocenters. The summed E-state index contributed by atoms with van der Waals surface area (Å²) in [7, 11) is 0. The molecule has 2 heterocycles. The number of aromatic hydroxyl groups is 1. The highest BCUT2D eigenvalue weighted by Crippen LogP contribution is 2.11. The lowest BCUT2D eigenvalue weighted by Crippen LogP contribution is -1.92. The van der Waals surface area contributed by atoms with Crippen LogP contribution in [0.2, 0.25) is 0 Å². The molecule has 4 nitrogen and oxygen atoms in total. The number of aromatic nitrogens is 3. The highest BCUT2D eigenvalue weighted by Gasteiger charge is 2.00. The normalized spacial score (nSPS) is 10.6. The summed E-state index contributed by atoms with van der Waals surface area (Å²) in [6.45, 7) is 1.83. The van der Waals surface area contributed by atoms with E-state index >= 15 is 0 Å². The topological polar surface area (TPSA) is 50.4 Å². The van der Waals surface area contributed by atoms with Crippen molar-refractivity contribution in [2.45, 2.75) is 6.92 Å². The number of fused-ring (bicyclic) bond motifs is 1. The first-order valence-corrected chi connectivity index (χ1v) is 3.28. The monoisotopic (exact) mass is 149 g/mol. The molecule has 0 aromatic carbocycles. The van der Waals surface area contributed by atoms with Crippen molar-refractivity contribution in [1.29, 1.82) is 0 Å². The fourth-order valence-corrected chi connectivity index (χ4v) is 1.02. The summed E-state index contributed by atoms with van der Waals surface area (Å²) in [5.74, 6) is 0.123. The second-order valence-electron chi connectivity index (χ2n) is 2.36.